The van der Waals surface area contributed by atoms with E-state index in [4.69, 9.17) is 13.8 Å². The molecule has 0 fully saturated rings. The summed E-state index contributed by atoms with van der Waals surface area (Å²) in [4.78, 5) is 0. The Morgan fingerprint density at radius 1 is 0.742 bits per heavy atom. The molecule has 1 N–H and O–H groups in total. The molecule has 0 atom stereocenters. The third kappa shape index (κ3) is 5.62. The molecule has 3 aromatic rings. The normalized spacial score (nSPS) is 11.1. The van der Waals surface area contributed by atoms with Gasteiger partial charge in [0.05, 0.1) is 12.3 Å². The van der Waals surface area contributed by atoms with Crippen LogP contribution in [0.1, 0.15) is 35.6 Å². The first kappa shape index (κ1) is 22.8. The van der Waals surface area contributed by atoms with E-state index in [1.165, 1.54) is 0 Å². The van der Waals surface area contributed by atoms with Gasteiger partial charge < -0.3 is 13.8 Å². The summed E-state index contributed by atoms with van der Waals surface area (Å²) >= 11 is 0. The van der Waals surface area contributed by atoms with Crippen LogP contribution in [0.2, 0.25) is 0 Å². The lowest BCUT2D eigenvalue weighted by atomic mass is 10.1. The Morgan fingerprint density at radius 3 is 1.81 bits per heavy atom. The molecule has 31 heavy (non-hydrogen) atoms. The Labute approximate surface area is 185 Å². The van der Waals surface area contributed by atoms with Gasteiger partial charge in [-0.3, -0.25) is 5.09 Å². The molecule has 0 aromatic heterocycles. The van der Waals surface area contributed by atoms with Gasteiger partial charge in [0.1, 0.15) is 17.2 Å². The summed E-state index contributed by atoms with van der Waals surface area (Å²) in [6, 6.07) is 18.7. The van der Waals surface area contributed by atoms with Gasteiger partial charge in [-0.2, -0.15) is 0 Å². The van der Waals surface area contributed by atoms with E-state index in [0.29, 0.717) is 29.5 Å². The quantitative estimate of drug-likeness (QED) is 0.352. The summed E-state index contributed by atoms with van der Waals surface area (Å²) in [5.74, 6) is 1.61. The molecule has 6 heteroatoms. The minimum atomic E-state index is -3.87. The molecule has 0 aliphatic heterocycles. The van der Waals surface area contributed by atoms with Crippen molar-refractivity contribution in [3.05, 3.63) is 82.9 Å². The monoisotopic (exact) mass is 439 g/mol. The fraction of sp³-hybridized carbons (Fsp3) is 0.280. The third-order valence-corrected chi connectivity index (χ3v) is 6.54. The lowest BCUT2D eigenvalue weighted by Gasteiger charge is -2.24. The van der Waals surface area contributed by atoms with E-state index in [9.17, 15) is 4.57 Å². The van der Waals surface area contributed by atoms with E-state index in [1.54, 1.807) is 18.2 Å². The number of nitrogens with one attached hydrogen (secondary N) is 1. The summed E-state index contributed by atoms with van der Waals surface area (Å²) in [6.07, 6.45) is 0.865. The number of anilines is 1. The number of ether oxygens (including phenoxy) is 1. The molecule has 0 saturated carbocycles. The second-order valence-corrected chi connectivity index (χ2v) is 9.12. The molecule has 0 aliphatic carbocycles. The average Bonchev–Trinajstić information content (AvgIpc) is 2.74. The highest BCUT2D eigenvalue weighted by Gasteiger charge is 2.31. The summed E-state index contributed by atoms with van der Waals surface area (Å²) in [6.45, 7) is 10.4. The van der Waals surface area contributed by atoms with Crippen molar-refractivity contribution in [2.75, 3.05) is 11.7 Å². The third-order valence-electron chi connectivity index (χ3n) is 5.15. The number of para-hydroxylation sites is 2. The fourth-order valence-corrected chi connectivity index (χ4v) is 4.54. The Balaban J connectivity index is 2.01. The van der Waals surface area contributed by atoms with E-state index < -0.39 is 7.75 Å². The molecule has 0 radical (unpaired) electrons. The first-order valence-electron chi connectivity index (χ1n) is 10.4. The van der Waals surface area contributed by atoms with Crippen molar-refractivity contribution in [3.63, 3.8) is 0 Å². The second kappa shape index (κ2) is 9.93. The molecule has 5 nitrogen and oxygen atoms in total. The maximum Gasteiger partial charge on any atom is 0.541 e. The van der Waals surface area contributed by atoms with Crippen molar-refractivity contribution in [1.29, 1.82) is 0 Å². The molecule has 0 heterocycles. The second-order valence-electron chi connectivity index (χ2n) is 7.53. The SMILES string of the molecule is CCCOc1ccccc1NP(=O)(Oc1cccc(C)c1C)Oc1cccc(C)c1C. The molecule has 3 rings (SSSR count). The van der Waals surface area contributed by atoms with Gasteiger partial charge in [-0.1, -0.05) is 43.3 Å². The lowest BCUT2D eigenvalue weighted by molar-refractivity contribution is 0.318. The van der Waals surface area contributed by atoms with Crippen LogP contribution in [0, 0.1) is 27.7 Å². The molecule has 0 unspecified atom stereocenters. The number of hydrogen-bond donors (Lipinski definition) is 1. The van der Waals surface area contributed by atoms with Crippen LogP contribution in [-0.4, -0.2) is 6.61 Å². The highest BCUT2D eigenvalue weighted by Crippen LogP contribution is 2.51. The van der Waals surface area contributed by atoms with Crippen LogP contribution in [0.15, 0.2) is 60.7 Å². The lowest BCUT2D eigenvalue weighted by Crippen LogP contribution is -2.12. The Bertz CT molecular complexity index is 1040. The van der Waals surface area contributed by atoms with Crippen LogP contribution in [0.4, 0.5) is 5.69 Å². The van der Waals surface area contributed by atoms with Crippen molar-refractivity contribution in [1.82, 2.24) is 0 Å². The van der Waals surface area contributed by atoms with E-state index >= 15 is 0 Å². The minimum Gasteiger partial charge on any atom is -0.491 e. The molecule has 0 saturated heterocycles. The zero-order valence-corrected chi connectivity index (χ0v) is 19.7. The topological polar surface area (TPSA) is 56.8 Å². The van der Waals surface area contributed by atoms with Crippen LogP contribution < -0.4 is 18.9 Å². The average molecular weight is 439 g/mol. The Morgan fingerprint density at radius 2 is 1.26 bits per heavy atom. The van der Waals surface area contributed by atoms with E-state index in [1.807, 2.05) is 77.1 Å². The molecule has 0 aliphatic rings. The van der Waals surface area contributed by atoms with Crippen molar-refractivity contribution in [2.45, 2.75) is 41.0 Å². The number of benzene rings is 3. The van der Waals surface area contributed by atoms with Crippen molar-refractivity contribution < 1.29 is 18.3 Å². The van der Waals surface area contributed by atoms with Gasteiger partial charge >= 0.3 is 7.75 Å². The van der Waals surface area contributed by atoms with Crippen LogP contribution >= 0.6 is 7.75 Å². The predicted molar refractivity (Wildman–Crippen MR) is 127 cm³/mol. The van der Waals surface area contributed by atoms with Gasteiger partial charge in [-0.05, 0) is 80.6 Å². The first-order valence-corrected chi connectivity index (χ1v) is 12.0. The first-order chi connectivity index (χ1) is 14.8. The summed E-state index contributed by atoms with van der Waals surface area (Å²) in [7, 11) is -3.87. The van der Waals surface area contributed by atoms with E-state index in [-0.39, 0.29) is 0 Å². The van der Waals surface area contributed by atoms with Crippen molar-refractivity contribution in [3.8, 4) is 17.2 Å². The van der Waals surface area contributed by atoms with Crippen molar-refractivity contribution >= 4 is 13.4 Å². The van der Waals surface area contributed by atoms with Gasteiger partial charge in [0.25, 0.3) is 0 Å². The molecule has 3 aromatic carbocycles. The molecule has 164 valence electrons. The van der Waals surface area contributed by atoms with Gasteiger partial charge in [-0.25, -0.2) is 4.57 Å². The summed E-state index contributed by atoms with van der Waals surface area (Å²) in [5.41, 5.74) is 4.45. The predicted octanol–water partition coefficient (Wildman–Crippen LogP) is 7.39. The standard InChI is InChI=1S/C25H30NO4P/c1-6-17-28-25-14-8-7-13-22(25)26-31(27,29-23-15-9-11-18(2)20(23)4)30-24-16-10-12-19(3)21(24)5/h7-16H,6,17H2,1-5H3,(H,26,27). The summed E-state index contributed by atoms with van der Waals surface area (Å²) in [5, 5.41) is 3.01. The largest absolute Gasteiger partial charge is 0.541 e. The fourth-order valence-electron chi connectivity index (χ4n) is 3.01. The highest BCUT2D eigenvalue weighted by atomic mass is 31.2. The van der Waals surface area contributed by atoms with Crippen LogP contribution in [-0.2, 0) is 4.57 Å². The van der Waals surface area contributed by atoms with Crippen LogP contribution in [0.3, 0.4) is 0 Å². The summed E-state index contributed by atoms with van der Waals surface area (Å²) < 4.78 is 32.0. The van der Waals surface area contributed by atoms with Crippen LogP contribution in [0.5, 0.6) is 17.2 Å². The van der Waals surface area contributed by atoms with E-state index in [2.05, 4.69) is 5.09 Å². The maximum atomic E-state index is 14.1. The van der Waals surface area contributed by atoms with Gasteiger partial charge in [0.15, 0.2) is 0 Å². The smallest absolute Gasteiger partial charge is 0.491 e. The Hall–Kier alpha value is -2.91. The molecular formula is C25H30NO4P. The van der Waals surface area contributed by atoms with Crippen molar-refractivity contribution in [2.24, 2.45) is 0 Å². The van der Waals surface area contributed by atoms with Crippen LogP contribution in [0.25, 0.3) is 0 Å². The number of aryl methyl sites for hydroxylation is 2. The molecular weight excluding hydrogens is 409 g/mol. The highest BCUT2D eigenvalue weighted by molar-refractivity contribution is 7.56. The Kier molecular flexibility index (Phi) is 7.29. The maximum absolute atomic E-state index is 14.1. The number of rotatable bonds is 9. The van der Waals surface area contributed by atoms with Gasteiger partial charge in [0.2, 0.25) is 0 Å². The molecule has 0 bridgehead atoms. The van der Waals surface area contributed by atoms with E-state index in [0.717, 1.165) is 28.7 Å². The zero-order chi connectivity index (χ0) is 22.4. The van der Waals surface area contributed by atoms with Gasteiger partial charge in [-0.15, -0.1) is 0 Å². The molecule has 0 amide bonds. The molecule has 0 spiro atoms. The zero-order valence-electron chi connectivity index (χ0n) is 18.8. The number of hydrogen-bond acceptors (Lipinski definition) is 4. The minimum absolute atomic E-state index is 0.507. The van der Waals surface area contributed by atoms with Gasteiger partial charge in [0, 0.05) is 0 Å².